The van der Waals surface area contributed by atoms with Crippen molar-refractivity contribution in [3.8, 4) is 18.2 Å². The van der Waals surface area contributed by atoms with E-state index in [9.17, 15) is 4.39 Å². The molecule has 0 aromatic heterocycles. The Balaban J connectivity index is 3.32. The predicted molar refractivity (Wildman–Crippen MR) is 71.8 cm³/mol. The molecule has 0 fully saturated rings. The van der Waals surface area contributed by atoms with E-state index >= 15 is 0 Å². The van der Waals surface area contributed by atoms with Gasteiger partial charge in [-0.1, -0.05) is 11.6 Å². The number of nitrogens with one attached hydrogen (secondary N) is 1. The Morgan fingerprint density at radius 1 is 1.39 bits per heavy atom. The van der Waals surface area contributed by atoms with Crippen LogP contribution in [0, 0.1) is 43.4 Å². The van der Waals surface area contributed by atoms with Gasteiger partial charge in [-0.05, 0) is 28.7 Å². The monoisotopic (exact) mass is 372 g/mol. The molecular weight excluding hydrogens is 370 g/mol. The molecule has 0 amide bonds. The fourth-order valence-corrected chi connectivity index (χ4v) is 2.20. The predicted octanol–water partition coefficient (Wildman–Crippen LogP) is 3.30. The van der Waals surface area contributed by atoms with Crippen molar-refractivity contribution in [3.05, 3.63) is 37.8 Å². The number of halogens is 3. The fourth-order valence-electron chi connectivity index (χ4n) is 1.08. The number of benzene rings is 1. The summed E-state index contributed by atoms with van der Waals surface area (Å²) in [5.74, 6) is -0.842. The lowest BCUT2D eigenvalue weighted by Crippen LogP contribution is -2.00. The molecule has 0 aliphatic heterocycles. The molecule has 7 heteroatoms. The van der Waals surface area contributed by atoms with Gasteiger partial charge in [0.05, 0.1) is 10.7 Å². The fraction of sp³-hybridized carbons (Fsp3) is 0. The van der Waals surface area contributed by atoms with Crippen molar-refractivity contribution in [1.29, 1.82) is 15.8 Å². The first-order valence-electron chi connectivity index (χ1n) is 4.39. The summed E-state index contributed by atoms with van der Waals surface area (Å²) in [6.07, 6.45) is 1.10. The van der Waals surface area contributed by atoms with Crippen molar-refractivity contribution in [2.45, 2.75) is 0 Å². The van der Waals surface area contributed by atoms with Gasteiger partial charge < -0.3 is 5.32 Å². The first-order valence-corrected chi connectivity index (χ1v) is 5.85. The van der Waals surface area contributed by atoms with E-state index < -0.39 is 5.82 Å². The second-order valence-electron chi connectivity index (χ2n) is 2.94. The van der Waals surface area contributed by atoms with E-state index in [1.165, 1.54) is 6.07 Å². The van der Waals surface area contributed by atoms with E-state index in [-0.39, 0.29) is 21.8 Å². The summed E-state index contributed by atoms with van der Waals surface area (Å²) in [6, 6.07) is 6.30. The molecule has 1 rings (SSSR count). The lowest BCUT2D eigenvalue weighted by atomic mass is 10.2. The van der Waals surface area contributed by atoms with Crippen LogP contribution in [0.4, 0.5) is 10.1 Å². The summed E-state index contributed by atoms with van der Waals surface area (Å²) in [6.45, 7) is 0. The van der Waals surface area contributed by atoms with Gasteiger partial charge in [0.1, 0.15) is 29.3 Å². The van der Waals surface area contributed by atoms with Gasteiger partial charge in [-0.3, -0.25) is 0 Å². The molecule has 0 saturated heterocycles. The summed E-state index contributed by atoms with van der Waals surface area (Å²) >= 11 is 7.47. The minimum atomic E-state index is -0.842. The lowest BCUT2D eigenvalue weighted by molar-refractivity contribution is 0.624. The van der Waals surface area contributed by atoms with Gasteiger partial charge in [-0.25, -0.2) is 4.39 Å². The number of nitriles is 3. The number of nitrogens with zero attached hydrogens (tertiary/aromatic N) is 3. The molecule has 1 N–H and O–H groups in total. The van der Waals surface area contributed by atoms with Gasteiger partial charge in [0, 0.05) is 9.77 Å². The van der Waals surface area contributed by atoms with Gasteiger partial charge in [0.2, 0.25) is 0 Å². The molecule has 18 heavy (non-hydrogen) atoms. The molecule has 1 aromatic carbocycles. The first kappa shape index (κ1) is 14.2. The summed E-state index contributed by atoms with van der Waals surface area (Å²) in [5.41, 5.74) is -0.286. The topological polar surface area (TPSA) is 83.4 Å². The van der Waals surface area contributed by atoms with Crippen LogP contribution in [0.25, 0.3) is 0 Å². The quantitative estimate of drug-likeness (QED) is 0.490. The molecule has 0 radical (unpaired) electrons. The minimum Gasteiger partial charge on any atom is -0.358 e. The molecular formula is C11H3ClFIN4. The maximum Gasteiger partial charge on any atom is 0.161 e. The zero-order valence-corrected chi connectivity index (χ0v) is 11.5. The van der Waals surface area contributed by atoms with Gasteiger partial charge in [-0.15, -0.1) is 0 Å². The average Bonchev–Trinajstić information content (AvgIpc) is 2.36. The Morgan fingerprint density at radius 3 is 2.50 bits per heavy atom. The average molecular weight is 373 g/mol. The highest BCUT2D eigenvalue weighted by atomic mass is 127. The summed E-state index contributed by atoms with van der Waals surface area (Å²) in [5, 5.41) is 28.4. The van der Waals surface area contributed by atoms with Crippen molar-refractivity contribution < 1.29 is 4.39 Å². The number of anilines is 1. The standard InChI is InChI=1S/C11H3ClFIN4/c12-8-1-9(14)11(7(4-17)10(8)13)18-5-6(2-15)3-16/h1,5,18H. The second-order valence-corrected chi connectivity index (χ2v) is 4.51. The molecule has 0 unspecified atom stereocenters. The van der Waals surface area contributed by atoms with E-state index in [1.54, 1.807) is 18.2 Å². The SMILES string of the molecule is N#CC(C#N)=CNc1c(I)cc(Cl)c(F)c1C#N. The Bertz CT molecular complexity index is 633. The van der Waals surface area contributed by atoms with Gasteiger partial charge >= 0.3 is 0 Å². The minimum absolute atomic E-state index is 0.161. The van der Waals surface area contributed by atoms with E-state index in [0.29, 0.717) is 3.57 Å². The molecule has 0 bridgehead atoms. The van der Waals surface area contributed by atoms with Crippen molar-refractivity contribution >= 4 is 39.9 Å². The third-order valence-electron chi connectivity index (χ3n) is 1.88. The van der Waals surface area contributed by atoms with Gasteiger partial charge in [-0.2, -0.15) is 15.8 Å². The second kappa shape index (κ2) is 6.20. The van der Waals surface area contributed by atoms with Crippen LogP contribution in [0.5, 0.6) is 0 Å². The summed E-state index contributed by atoms with van der Waals surface area (Å²) in [4.78, 5) is 0. The molecule has 0 heterocycles. The molecule has 88 valence electrons. The molecule has 1 aromatic rings. The highest BCUT2D eigenvalue weighted by molar-refractivity contribution is 14.1. The Hall–Kier alpha value is -1.82. The Labute approximate surface area is 121 Å². The van der Waals surface area contributed by atoms with Gasteiger partial charge in [0.15, 0.2) is 5.82 Å². The van der Waals surface area contributed by atoms with Crippen molar-refractivity contribution in [1.82, 2.24) is 0 Å². The van der Waals surface area contributed by atoms with Crippen LogP contribution < -0.4 is 5.32 Å². The number of rotatable bonds is 2. The van der Waals surface area contributed by atoms with E-state index in [0.717, 1.165) is 6.20 Å². The molecule has 4 nitrogen and oxygen atoms in total. The first-order chi connectivity index (χ1) is 8.54. The maximum atomic E-state index is 13.6. The van der Waals surface area contributed by atoms with Crippen LogP contribution in [-0.2, 0) is 0 Å². The molecule has 0 aliphatic rings. The van der Waals surface area contributed by atoms with Crippen LogP contribution in [0.15, 0.2) is 17.8 Å². The third-order valence-corrected chi connectivity index (χ3v) is 3.01. The van der Waals surface area contributed by atoms with Crippen molar-refractivity contribution in [3.63, 3.8) is 0 Å². The maximum absolute atomic E-state index is 13.6. The molecule has 0 aliphatic carbocycles. The normalized spacial score (nSPS) is 8.67. The van der Waals surface area contributed by atoms with Crippen LogP contribution in [0.3, 0.4) is 0 Å². The number of allylic oxidation sites excluding steroid dienone is 1. The van der Waals surface area contributed by atoms with E-state index in [4.69, 9.17) is 27.4 Å². The van der Waals surface area contributed by atoms with Crippen LogP contribution >= 0.6 is 34.2 Å². The number of hydrogen-bond acceptors (Lipinski definition) is 4. The smallest absolute Gasteiger partial charge is 0.161 e. The van der Waals surface area contributed by atoms with E-state index in [1.807, 2.05) is 22.6 Å². The molecule has 0 saturated carbocycles. The van der Waals surface area contributed by atoms with Crippen molar-refractivity contribution in [2.24, 2.45) is 0 Å². The Morgan fingerprint density at radius 2 is 2.00 bits per heavy atom. The summed E-state index contributed by atoms with van der Waals surface area (Å²) < 4.78 is 14.1. The van der Waals surface area contributed by atoms with E-state index in [2.05, 4.69) is 5.32 Å². The number of hydrogen-bond donors (Lipinski definition) is 1. The van der Waals surface area contributed by atoms with Crippen LogP contribution in [-0.4, -0.2) is 0 Å². The lowest BCUT2D eigenvalue weighted by Gasteiger charge is -2.08. The third kappa shape index (κ3) is 2.89. The Kier molecular flexibility index (Phi) is 4.91. The molecule has 0 spiro atoms. The van der Waals surface area contributed by atoms with Crippen molar-refractivity contribution in [2.75, 3.05) is 5.32 Å². The van der Waals surface area contributed by atoms with Crippen LogP contribution in [0.2, 0.25) is 5.02 Å². The summed E-state index contributed by atoms with van der Waals surface area (Å²) in [7, 11) is 0. The zero-order chi connectivity index (χ0) is 13.7. The highest BCUT2D eigenvalue weighted by Gasteiger charge is 2.15. The zero-order valence-electron chi connectivity index (χ0n) is 8.63. The van der Waals surface area contributed by atoms with Gasteiger partial charge in [0.25, 0.3) is 0 Å². The van der Waals surface area contributed by atoms with Crippen LogP contribution in [0.1, 0.15) is 5.56 Å². The largest absolute Gasteiger partial charge is 0.358 e. The molecule has 0 atom stereocenters. The highest BCUT2D eigenvalue weighted by Crippen LogP contribution is 2.30.